The number of hydrogen-bond acceptors (Lipinski definition) is 2. The highest BCUT2D eigenvalue weighted by Crippen LogP contribution is 2.44. The van der Waals surface area contributed by atoms with Crippen molar-refractivity contribution in [3.05, 3.63) is 0 Å². The van der Waals surface area contributed by atoms with Gasteiger partial charge < -0.3 is 5.32 Å². The van der Waals surface area contributed by atoms with Gasteiger partial charge in [-0.05, 0) is 69.0 Å². The maximum absolute atomic E-state index is 5.31. The van der Waals surface area contributed by atoms with E-state index in [1.54, 1.807) is 0 Å². The Labute approximate surface area is 108 Å². The summed E-state index contributed by atoms with van der Waals surface area (Å²) in [4.78, 5) is 0. The zero-order chi connectivity index (χ0) is 11.7. The van der Waals surface area contributed by atoms with E-state index in [4.69, 9.17) is 12.2 Å². The third-order valence-electron chi connectivity index (χ3n) is 4.55. The summed E-state index contributed by atoms with van der Waals surface area (Å²) in [6, 6.07) is 0.609. The average Bonchev–Trinajstić information content (AvgIpc) is 3.03. The third kappa shape index (κ3) is 2.62. The van der Waals surface area contributed by atoms with Crippen molar-refractivity contribution < 1.29 is 0 Å². The van der Waals surface area contributed by atoms with Gasteiger partial charge in [-0.25, -0.2) is 0 Å². The van der Waals surface area contributed by atoms with Crippen molar-refractivity contribution in [1.82, 2.24) is 10.7 Å². The van der Waals surface area contributed by atoms with Crippen molar-refractivity contribution in [2.24, 2.45) is 16.9 Å². The van der Waals surface area contributed by atoms with Crippen molar-refractivity contribution in [2.45, 2.75) is 57.4 Å². The number of thiocarbonyl (C=S) groups is 1. The zero-order valence-corrected chi connectivity index (χ0v) is 11.1. The smallest absolute Gasteiger partial charge is 0.187 e. The summed E-state index contributed by atoms with van der Waals surface area (Å²) in [6.07, 6.45) is 10.4. The van der Waals surface area contributed by atoms with Crippen LogP contribution in [0.4, 0.5) is 0 Å². The van der Waals surface area contributed by atoms with E-state index in [0.29, 0.717) is 6.04 Å². The fourth-order valence-corrected chi connectivity index (χ4v) is 3.84. The van der Waals surface area contributed by atoms with Crippen LogP contribution in [0.15, 0.2) is 5.10 Å². The zero-order valence-electron chi connectivity index (χ0n) is 10.2. The molecule has 0 saturated heterocycles. The molecule has 3 unspecified atom stereocenters. The highest BCUT2D eigenvalue weighted by Gasteiger charge is 2.39. The summed E-state index contributed by atoms with van der Waals surface area (Å²) >= 11 is 5.31. The Bertz CT molecular complexity index is 332. The summed E-state index contributed by atoms with van der Waals surface area (Å²) in [6.45, 7) is 0. The first-order valence-electron chi connectivity index (χ1n) is 6.93. The summed E-state index contributed by atoms with van der Waals surface area (Å²) < 4.78 is 0. The first-order valence-corrected chi connectivity index (χ1v) is 7.34. The minimum absolute atomic E-state index is 0.609. The van der Waals surface area contributed by atoms with Crippen molar-refractivity contribution in [1.29, 1.82) is 0 Å². The molecule has 0 aromatic carbocycles. The van der Waals surface area contributed by atoms with Gasteiger partial charge in [0.2, 0.25) is 0 Å². The van der Waals surface area contributed by atoms with E-state index in [1.165, 1.54) is 44.2 Å². The molecule has 3 atom stereocenters. The van der Waals surface area contributed by atoms with Crippen LogP contribution in [0.3, 0.4) is 0 Å². The third-order valence-corrected chi connectivity index (χ3v) is 4.76. The van der Waals surface area contributed by atoms with Gasteiger partial charge in [0.05, 0.1) is 0 Å². The lowest BCUT2D eigenvalue weighted by Crippen LogP contribution is -2.42. The van der Waals surface area contributed by atoms with Crippen LogP contribution in [0.2, 0.25) is 0 Å². The molecule has 2 bridgehead atoms. The van der Waals surface area contributed by atoms with Gasteiger partial charge in [0.1, 0.15) is 0 Å². The quantitative estimate of drug-likeness (QED) is 0.585. The second kappa shape index (κ2) is 4.92. The van der Waals surface area contributed by atoms with Gasteiger partial charge in [-0.2, -0.15) is 5.10 Å². The van der Waals surface area contributed by atoms with Crippen LogP contribution in [0, 0.1) is 11.8 Å². The molecule has 3 aliphatic rings. The van der Waals surface area contributed by atoms with Gasteiger partial charge in [-0.1, -0.05) is 6.42 Å². The Morgan fingerprint density at radius 2 is 2.00 bits per heavy atom. The van der Waals surface area contributed by atoms with E-state index in [0.717, 1.165) is 29.8 Å². The lowest BCUT2D eigenvalue weighted by Gasteiger charge is -2.23. The molecule has 4 heteroatoms. The Morgan fingerprint density at radius 3 is 2.65 bits per heavy atom. The number of rotatable bonds is 2. The molecule has 2 N–H and O–H groups in total. The topological polar surface area (TPSA) is 36.4 Å². The minimum Gasteiger partial charge on any atom is -0.358 e. The Kier molecular flexibility index (Phi) is 3.32. The van der Waals surface area contributed by atoms with Crippen LogP contribution in [0.25, 0.3) is 0 Å². The number of nitrogens with zero attached hydrogens (tertiary/aromatic N) is 1. The van der Waals surface area contributed by atoms with Crippen LogP contribution in [-0.4, -0.2) is 16.9 Å². The molecule has 0 radical (unpaired) electrons. The lowest BCUT2D eigenvalue weighted by molar-refractivity contribution is 0.389. The molecule has 0 spiro atoms. The second-order valence-corrected chi connectivity index (χ2v) is 6.16. The Hall–Kier alpha value is -0.640. The molecule has 17 heavy (non-hydrogen) atoms. The van der Waals surface area contributed by atoms with Gasteiger partial charge in [-0.3, -0.25) is 5.43 Å². The van der Waals surface area contributed by atoms with E-state index >= 15 is 0 Å². The monoisotopic (exact) mass is 251 g/mol. The number of fused-ring (bicyclic) bond motifs is 2. The molecule has 0 aromatic heterocycles. The first kappa shape index (κ1) is 11.5. The normalized spacial score (nSPS) is 35.1. The predicted octanol–water partition coefficient (Wildman–Crippen LogP) is 2.57. The first-order chi connectivity index (χ1) is 8.31. The fraction of sp³-hybridized carbons (Fsp3) is 0.846. The van der Waals surface area contributed by atoms with Gasteiger partial charge in [0.15, 0.2) is 5.11 Å². The summed E-state index contributed by atoms with van der Waals surface area (Å²) in [7, 11) is 0. The Balaban J connectivity index is 1.45. The minimum atomic E-state index is 0.609. The van der Waals surface area contributed by atoms with Crippen LogP contribution in [-0.2, 0) is 0 Å². The molecular weight excluding hydrogens is 230 g/mol. The molecule has 0 aliphatic heterocycles. The molecule has 3 fully saturated rings. The maximum Gasteiger partial charge on any atom is 0.187 e. The molecule has 3 saturated carbocycles. The molecule has 0 aromatic rings. The highest BCUT2D eigenvalue weighted by atomic mass is 32.1. The van der Waals surface area contributed by atoms with Crippen molar-refractivity contribution in [3.63, 3.8) is 0 Å². The van der Waals surface area contributed by atoms with Crippen LogP contribution < -0.4 is 10.7 Å². The molecule has 0 heterocycles. The second-order valence-electron chi connectivity index (χ2n) is 5.75. The van der Waals surface area contributed by atoms with E-state index in [-0.39, 0.29) is 0 Å². The summed E-state index contributed by atoms with van der Waals surface area (Å²) in [5.41, 5.74) is 4.30. The molecule has 3 rings (SSSR count). The van der Waals surface area contributed by atoms with Crippen molar-refractivity contribution in [2.75, 3.05) is 0 Å². The maximum atomic E-state index is 5.31. The van der Waals surface area contributed by atoms with E-state index < -0.39 is 0 Å². The number of nitrogens with one attached hydrogen (secondary N) is 2. The average molecular weight is 251 g/mol. The van der Waals surface area contributed by atoms with E-state index in [2.05, 4.69) is 15.8 Å². The van der Waals surface area contributed by atoms with E-state index in [9.17, 15) is 0 Å². The van der Waals surface area contributed by atoms with Crippen LogP contribution in [0.1, 0.15) is 51.4 Å². The molecule has 3 aliphatic carbocycles. The van der Waals surface area contributed by atoms with E-state index in [1.807, 2.05) is 0 Å². The molecule has 94 valence electrons. The van der Waals surface area contributed by atoms with Crippen LogP contribution in [0.5, 0.6) is 0 Å². The Morgan fingerprint density at radius 1 is 1.18 bits per heavy atom. The largest absolute Gasteiger partial charge is 0.358 e. The van der Waals surface area contributed by atoms with Gasteiger partial charge >= 0.3 is 0 Å². The van der Waals surface area contributed by atoms with Gasteiger partial charge in [0, 0.05) is 11.8 Å². The van der Waals surface area contributed by atoms with Crippen LogP contribution >= 0.6 is 12.2 Å². The number of hydrazone groups is 1. The van der Waals surface area contributed by atoms with Gasteiger partial charge in [-0.15, -0.1) is 0 Å². The fourth-order valence-electron chi connectivity index (χ4n) is 3.65. The molecule has 0 amide bonds. The molecular formula is C13H21N3S. The highest BCUT2D eigenvalue weighted by molar-refractivity contribution is 7.80. The van der Waals surface area contributed by atoms with Crippen molar-refractivity contribution >= 4 is 23.0 Å². The standard InChI is InChI=1S/C13H21N3S/c17-13(16-15-11-3-1-2-4-11)14-12-8-9-5-6-10(12)7-9/h9-10,12H,1-8H2,(H2,14,16,17). The summed E-state index contributed by atoms with van der Waals surface area (Å²) in [5, 5.41) is 8.56. The van der Waals surface area contributed by atoms with Crippen molar-refractivity contribution in [3.8, 4) is 0 Å². The lowest BCUT2D eigenvalue weighted by atomic mass is 9.96. The SMILES string of the molecule is S=C(NN=C1CCCC1)NC1CC2CCC1C2. The predicted molar refractivity (Wildman–Crippen MR) is 74.0 cm³/mol. The number of hydrogen-bond donors (Lipinski definition) is 2. The van der Waals surface area contributed by atoms with Gasteiger partial charge in [0.25, 0.3) is 0 Å². The molecule has 3 nitrogen and oxygen atoms in total. The summed E-state index contributed by atoms with van der Waals surface area (Å²) in [5.74, 6) is 1.82.